The largest absolute Gasteiger partial charge is 0.419 e. The third kappa shape index (κ3) is 5.94. The van der Waals surface area contributed by atoms with Crippen molar-refractivity contribution < 1.29 is 26.4 Å². The summed E-state index contributed by atoms with van der Waals surface area (Å²) in [5.74, 6) is -0.840. The first-order valence-electron chi connectivity index (χ1n) is 12.6. The number of halogens is 3. The number of aromatic nitrogens is 3. The standard InChI is InChI=1S/C27H25F3N6O3S2/c28-27(29,30)23-22(41(38,39)19-6-2-1-3-7-19)9-8-20(24(23)36-12-4-5-17(13-31)15-36)34-25(37)21-16-40-26(35-21)18-10-11-32-33-14-18/h1-3,6-11,14,16-17H,4-5,12-13,15,31H2,(H,34,37)/t17-/m0/s1. The average Bonchev–Trinajstić information content (AvgIpc) is 3.48. The number of rotatable bonds is 7. The summed E-state index contributed by atoms with van der Waals surface area (Å²) in [6, 6.07) is 10.7. The molecule has 1 saturated heterocycles. The highest BCUT2D eigenvalue weighted by molar-refractivity contribution is 7.91. The third-order valence-corrected chi connectivity index (χ3v) is 9.45. The molecule has 0 bridgehead atoms. The second-order valence-electron chi connectivity index (χ2n) is 9.46. The maximum absolute atomic E-state index is 14.9. The molecular formula is C27H25F3N6O3S2. The Balaban J connectivity index is 1.62. The Morgan fingerprint density at radius 3 is 2.59 bits per heavy atom. The minimum Gasteiger partial charge on any atom is -0.369 e. The van der Waals surface area contributed by atoms with Gasteiger partial charge in [-0.3, -0.25) is 4.79 Å². The monoisotopic (exact) mass is 602 g/mol. The van der Waals surface area contributed by atoms with Crippen LogP contribution in [-0.4, -0.2) is 49.1 Å². The summed E-state index contributed by atoms with van der Waals surface area (Å²) in [7, 11) is -4.56. The molecule has 1 atom stereocenters. The van der Waals surface area contributed by atoms with Gasteiger partial charge in [0.15, 0.2) is 0 Å². The number of nitrogens with zero attached hydrogens (tertiary/aromatic N) is 4. The molecule has 14 heteroatoms. The van der Waals surface area contributed by atoms with E-state index >= 15 is 0 Å². The molecule has 0 radical (unpaired) electrons. The van der Waals surface area contributed by atoms with Crippen molar-refractivity contribution in [3.63, 3.8) is 0 Å². The lowest BCUT2D eigenvalue weighted by Gasteiger charge is -2.37. The van der Waals surface area contributed by atoms with Crippen molar-refractivity contribution in [2.45, 2.75) is 28.8 Å². The number of hydrogen-bond acceptors (Lipinski definition) is 9. The van der Waals surface area contributed by atoms with E-state index in [0.717, 1.165) is 23.8 Å². The molecule has 4 aromatic rings. The number of benzene rings is 2. The number of hydrogen-bond donors (Lipinski definition) is 2. The fourth-order valence-electron chi connectivity index (χ4n) is 4.80. The lowest BCUT2D eigenvalue weighted by molar-refractivity contribution is -0.139. The molecule has 3 heterocycles. The van der Waals surface area contributed by atoms with Gasteiger partial charge in [-0.2, -0.15) is 23.4 Å². The van der Waals surface area contributed by atoms with Crippen LogP contribution < -0.4 is 16.0 Å². The van der Waals surface area contributed by atoms with Gasteiger partial charge in [0.05, 0.1) is 39.1 Å². The van der Waals surface area contributed by atoms with E-state index in [4.69, 9.17) is 5.73 Å². The van der Waals surface area contributed by atoms with Crippen LogP contribution in [0.2, 0.25) is 0 Å². The summed E-state index contributed by atoms with van der Waals surface area (Å²) in [5, 5.41) is 12.0. The molecule has 41 heavy (non-hydrogen) atoms. The number of nitrogens with one attached hydrogen (secondary N) is 1. The highest BCUT2D eigenvalue weighted by Crippen LogP contribution is 2.47. The van der Waals surface area contributed by atoms with Gasteiger partial charge in [0, 0.05) is 24.0 Å². The van der Waals surface area contributed by atoms with Crippen molar-refractivity contribution in [3.8, 4) is 10.6 Å². The molecule has 1 fully saturated rings. The first-order chi connectivity index (χ1) is 19.6. The Labute approximate surface area is 238 Å². The van der Waals surface area contributed by atoms with Gasteiger partial charge < -0.3 is 16.0 Å². The Morgan fingerprint density at radius 1 is 1.12 bits per heavy atom. The van der Waals surface area contributed by atoms with E-state index in [1.165, 1.54) is 53.0 Å². The van der Waals surface area contributed by atoms with Gasteiger partial charge in [-0.25, -0.2) is 13.4 Å². The highest BCUT2D eigenvalue weighted by atomic mass is 32.2. The predicted molar refractivity (Wildman–Crippen MR) is 148 cm³/mol. The zero-order chi connectivity index (χ0) is 29.2. The number of piperidine rings is 1. The van der Waals surface area contributed by atoms with Crippen LogP contribution in [0.1, 0.15) is 28.9 Å². The van der Waals surface area contributed by atoms with Crippen molar-refractivity contribution in [3.05, 3.63) is 77.6 Å². The fourth-order valence-corrected chi connectivity index (χ4v) is 7.09. The van der Waals surface area contributed by atoms with Crippen LogP contribution in [0.3, 0.4) is 0 Å². The normalized spacial score (nSPS) is 16.0. The van der Waals surface area contributed by atoms with Crippen LogP contribution in [-0.2, 0) is 16.0 Å². The fraction of sp³-hybridized carbons (Fsp3) is 0.259. The van der Waals surface area contributed by atoms with Crippen LogP contribution in [0.5, 0.6) is 0 Å². The first-order valence-corrected chi connectivity index (χ1v) is 15.0. The minimum absolute atomic E-state index is 0.0132. The van der Waals surface area contributed by atoms with E-state index in [1.807, 2.05) is 0 Å². The van der Waals surface area contributed by atoms with Gasteiger partial charge in [0.2, 0.25) is 9.84 Å². The lowest BCUT2D eigenvalue weighted by atomic mass is 9.96. The Kier molecular flexibility index (Phi) is 8.07. The number of carbonyl (C=O) groups is 1. The zero-order valence-electron chi connectivity index (χ0n) is 21.5. The quantitative estimate of drug-likeness (QED) is 0.306. The van der Waals surface area contributed by atoms with Crippen molar-refractivity contribution in [2.24, 2.45) is 11.7 Å². The predicted octanol–water partition coefficient (Wildman–Crippen LogP) is 4.88. The molecule has 1 amide bonds. The smallest absolute Gasteiger partial charge is 0.369 e. The minimum atomic E-state index is -5.06. The second kappa shape index (κ2) is 11.5. The van der Waals surface area contributed by atoms with Gasteiger partial charge in [0.25, 0.3) is 5.91 Å². The Hall–Kier alpha value is -3.88. The SMILES string of the molecule is NC[C@@H]1CCCN(c2c(NC(=O)c3csc(-c4ccnnc4)n3)ccc(S(=O)(=O)c3ccccc3)c2C(F)(F)F)C1. The van der Waals surface area contributed by atoms with E-state index in [1.54, 1.807) is 12.1 Å². The lowest BCUT2D eigenvalue weighted by Crippen LogP contribution is -2.40. The zero-order valence-corrected chi connectivity index (χ0v) is 23.1. The molecule has 5 rings (SSSR count). The third-order valence-electron chi connectivity index (χ3n) is 6.75. The molecule has 214 valence electrons. The summed E-state index contributed by atoms with van der Waals surface area (Å²) in [6.45, 7) is 0.660. The van der Waals surface area contributed by atoms with E-state index in [0.29, 0.717) is 17.0 Å². The number of amides is 1. The van der Waals surface area contributed by atoms with Crippen molar-refractivity contribution in [2.75, 3.05) is 29.9 Å². The van der Waals surface area contributed by atoms with Crippen LogP contribution in [0.15, 0.2) is 76.1 Å². The van der Waals surface area contributed by atoms with E-state index in [9.17, 15) is 26.4 Å². The number of carbonyl (C=O) groups excluding carboxylic acids is 1. The van der Waals surface area contributed by atoms with Crippen LogP contribution in [0, 0.1) is 5.92 Å². The molecule has 9 nitrogen and oxygen atoms in total. The van der Waals surface area contributed by atoms with E-state index in [2.05, 4.69) is 20.5 Å². The van der Waals surface area contributed by atoms with Gasteiger partial charge in [0.1, 0.15) is 10.7 Å². The first kappa shape index (κ1) is 28.6. The van der Waals surface area contributed by atoms with Gasteiger partial charge >= 0.3 is 6.18 Å². The summed E-state index contributed by atoms with van der Waals surface area (Å²) < 4.78 is 71.6. The number of nitrogens with two attached hydrogens (primary N) is 1. The van der Waals surface area contributed by atoms with Gasteiger partial charge in [-0.05, 0) is 55.6 Å². The molecule has 0 aliphatic carbocycles. The summed E-state index contributed by atoms with van der Waals surface area (Å²) in [6.07, 6.45) is -0.837. The van der Waals surface area contributed by atoms with Crippen molar-refractivity contribution in [1.82, 2.24) is 15.2 Å². The van der Waals surface area contributed by atoms with E-state index in [-0.39, 0.29) is 41.8 Å². The molecule has 0 unspecified atom stereocenters. The van der Waals surface area contributed by atoms with E-state index < -0.39 is 38.1 Å². The van der Waals surface area contributed by atoms with Crippen molar-refractivity contribution >= 4 is 38.5 Å². The number of alkyl halides is 3. The number of anilines is 2. The Morgan fingerprint density at radius 2 is 1.90 bits per heavy atom. The molecular weight excluding hydrogens is 577 g/mol. The molecule has 2 aromatic heterocycles. The maximum Gasteiger partial charge on any atom is 0.419 e. The van der Waals surface area contributed by atoms with Crippen LogP contribution in [0.4, 0.5) is 24.5 Å². The van der Waals surface area contributed by atoms with Crippen LogP contribution >= 0.6 is 11.3 Å². The number of thiazole rings is 1. The molecule has 0 spiro atoms. The van der Waals surface area contributed by atoms with Gasteiger partial charge in [-0.15, -0.1) is 11.3 Å². The highest BCUT2D eigenvalue weighted by Gasteiger charge is 2.43. The molecule has 0 saturated carbocycles. The van der Waals surface area contributed by atoms with Crippen molar-refractivity contribution in [1.29, 1.82) is 0 Å². The second-order valence-corrected chi connectivity index (χ2v) is 12.2. The summed E-state index contributed by atoms with van der Waals surface area (Å²) >= 11 is 1.16. The molecule has 3 N–H and O–H groups in total. The van der Waals surface area contributed by atoms with Gasteiger partial charge in [-0.1, -0.05) is 18.2 Å². The molecule has 1 aliphatic rings. The molecule has 2 aromatic carbocycles. The molecule has 1 aliphatic heterocycles. The van der Waals surface area contributed by atoms with Crippen LogP contribution in [0.25, 0.3) is 10.6 Å². The average molecular weight is 603 g/mol. The maximum atomic E-state index is 14.9. The Bertz CT molecular complexity index is 1650. The summed E-state index contributed by atoms with van der Waals surface area (Å²) in [4.78, 5) is 17.9. The number of sulfone groups is 1. The summed E-state index contributed by atoms with van der Waals surface area (Å²) in [5.41, 5.74) is 4.55. The topological polar surface area (TPSA) is 131 Å².